The van der Waals surface area contributed by atoms with Gasteiger partial charge in [-0.2, -0.15) is 7.94 Å². The maximum absolute atomic E-state index is 10.7. The minimum Gasteiger partial charge on any atom is -0.687 e. The fraction of sp³-hybridized carbons (Fsp3) is 0.571. The Balaban J connectivity index is 3.03. The topological polar surface area (TPSA) is 150 Å². The molecule has 0 saturated carbocycles. The monoisotopic (exact) mass is 235 g/mol. The van der Waals surface area contributed by atoms with Gasteiger partial charge in [-0.15, -0.1) is 0 Å². The van der Waals surface area contributed by atoms with E-state index < -0.39 is 43.8 Å². The first-order chi connectivity index (χ1) is 6.73. The lowest BCUT2D eigenvalue weighted by atomic mass is 9.94. The largest absolute Gasteiger partial charge is 0.687 e. The fourth-order valence-electron chi connectivity index (χ4n) is 1.38. The number of rotatable bonds is 2. The van der Waals surface area contributed by atoms with E-state index >= 15 is 0 Å². The van der Waals surface area contributed by atoms with Crippen LogP contribution in [0.15, 0.2) is 11.6 Å². The highest BCUT2D eigenvalue weighted by Crippen LogP contribution is 2.42. The van der Waals surface area contributed by atoms with Crippen LogP contribution in [0.4, 0.5) is 0 Å². The molecule has 0 amide bonds. The smallest absolute Gasteiger partial charge is 0.119 e. The van der Waals surface area contributed by atoms with Crippen LogP contribution in [-0.4, -0.2) is 34.0 Å². The number of carbonyl (C=O) groups excluding carboxylic acids is 1. The molecule has 15 heavy (non-hydrogen) atoms. The Morgan fingerprint density at radius 2 is 1.93 bits per heavy atom. The average Bonchev–Trinajstić information content (AvgIpc) is 2.06. The first-order valence-electron chi connectivity index (χ1n) is 4.03. The second-order valence-corrected chi connectivity index (χ2v) is 4.95. The summed E-state index contributed by atoms with van der Waals surface area (Å²) in [6.07, 6.45) is -3.22. The van der Waals surface area contributed by atoms with Crippen molar-refractivity contribution in [2.75, 3.05) is 0 Å². The molecule has 0 unspecified atom stereocenters. The molecule has 0 aromatic carbocycles. The second kappa shape index (κ2) is 4.13. The van der Waals surface area contributed by atoms with E-state index in [-0.39, 0.29) is 0 Å². The molecule has 0 heterocycles. The van der Waals surface area contributed by atoms with Crippen molar-refractivity contribution in [3.63, 3.8) is 0 Å². The molecule has 1 aliphatic carbocycles. The molecule has 2 N–H and O–H groups in total. The van der Waals surface area contributed by atoms with Crippen LogP contribution >= 0.6 is 7.94 Å². The SMILES string of the molecule is O=C([O-])C1=C[C@@H]([P+]([O-])([O-])[O-])[C@@H](O)[C@H](O)C1. The summed E-state index contributed by atoms with van der Waals surface area (Å²) in [5.41, 5.74) is -2.42. The Hall–Kier alpha value is -0.560. The normalized spacial score (nSPS) is 32.3. The van der Waals surface area contributed by atoms with E-state index in [1.54, 1.807) is 0 Å². The minimum absolute atomic E-state index is 0.444. The second-order valence-electron chi connectivity index (χ2n) is 3.27. The van der Waals surface area contributed by atoms with Crippen LogP contribution in [0.2, 0.25) is 0 Å². The van der Waals surface area contributed by atoms with Crippen molar-refractivity contribution in [1.82, 2.24) is 0 Å². The number of aliphatic carboxylic acids is 1. The van der Waals surface area contributed by atoms with Crippen molar-refractivity contribution in [1.29, 1.82) is 0 Å². The Kier molecular flexibility index (Phi) is 3.44. The van der Waals surface area contributed by atoms with Crippen molar-refractivity contribution >= 4 is 13.9 Å². The molecule has 0 aliphatic heterocycles. The van der Waals surface area contributed by atoms with Gasteiger partial charge in [0.1, 0.15) is 6.10 Å². The molecular weight excluding hydrogens is 227 g/mol. The van der Waals surface area contributed by atoms with Crippen molar-refractivity contribution in [2.45, 2.75) is 24.3 Å². The maximum Gasteiger partial charge on any atom is 0.119 e. The van der Waals surface area contributed by atoms with Gasteiger partial charge < -0.3 is 34.8 Å². The molecule has 7 nitrogen and oxygen atoms in total. The van der Waals surface area contributed by atoms with Crippen molar-refractivity contribution in [3.05, 3.63) is 11.6 Å². The number of carbonyl (C=O) groups is 1. The van der Waals surface area contributed by atoms with Gasteiger partial charge in [0, 0.05) is 6.42 Å². The zero-order valence-electron chi connectivity index (χ0n) is 7.40. The maximum atomic E-state index is 10.7. The summed E-state index contributed by atoms with van der Waals surface area (Å²) >= 11 is 0. The van der Waals surface area contributed by atoms with Gasteiger partial charge in [0.15, 0.2) is 0 Å². The molecule has 86 valence electrons. The van der Waals surface area contributed by atoms with Crippen LogP contribution < -0.4 is 19.8 Å². The predicted molar refractivity (Wildman–Crippen MR) is 40.4 cm³/mol. The summed E-state index contributed by atoms with van der Waals surface area (Å²) in [6.45, 7) is 0. The van der Waals surface area contributed by atoms with Gasteiger partial charge in [-0.25, -0.2) is 0 Å². The summed E-state index contributed by atoms with van der Waals surface area (Å²) < 4.78 is 0. The molecule has 0 aromatic heterocycles. The van der Waals surface area contributed by atoms with Gasteiger partial charge in [-0.1, -0.05) is 0 Å². The highest BCUT2D eigenvalue weighted by atomic mass is 31.2. The van der Waals surface area contributed by atoms with Crippen LogP contribution in [0.1, 0.15) is 6.42 Å². The summed E-state index contributed by atoms with van der Waals surface area (Å²) in [5, 5.41) is 28.8. The summed E-state index contributed by atoms with van der Waals surface area (Å²) in [7, 11) is -5.19. The summed E-state index contributed by atoms with van der Waals surface area (Å²) in [6, 6.07) is 0. The minimum atomic E-state index is -5.19. The third kappa shape index (κ3) is 2.72. The molecule has 0 radical (unpaired) electrons. The lowest BCUT2D eigenvalue weighted by molar-refractivity contribution is -0.431. The molecule has 8 heteroatoms. The van der Waals surface area contributed by atoms with E-state index in [4.69, 9.17) is 5.11 Å². The third-order valence-electron chi connectivity index (χ3n) is 2.17. The molecule has 3 atom stereocenters. The lowest BCUT2D eigenvalue weighted by Crippen LogP contribution is -2.52. The Morgan fingerprint density at radius 1 is 1.40 bits per heavy atom. The Morgan fingerprint density at radius 3 is 2.33 bits per heavy atom. The number of aliphatic hydroxyl groups is 2. The zero-order chi connectivity index (χ0) is 11.8. The van der Waals surface area contributed by atoms with Gasteiger partial charge >= 0.3 is 0 Å². The van der Waals surface area contributed by atoms with Crippen LogP contribution in [0.5, 0.6) is 0 Å². The Labute approximate surface area is 85.5 Å². The van der Waals surface area contributed by atoms with Gasteiger partial charge in [0.2, 0.25) is 0 Å². The van der Waals surface area contributed by atoms with Crippen molar-refractivity contribution in [2.24, 2.45) is 0 Å². The number of hydrogen-bond donors (Lipinski definition) is 2. The van der Waals surface area contributed by atoms with Crippen molar-refractivity contribution in [3.8, 4) is 0 Å². The summed E-state index contributed by atoms with van der Waals surface area (Å²) in [5.74, 6) is -1.67. The first-order valence-corrected chi connectivity index (χ1v) is 5.64. The van der Waals surface area contributed by atoms with Gasteiger partial charge in [-0.05, 0) is 11.6 Å². The fourth-order valence-corrected chi connectivity index (χ4v) is 2.31. The molecule has 0 bridgehead atoms. The van der Waals surface area contributed by atoms with Crippen molar-refractivity contribution < 1.29 is 34.8 Å². The van der Waals surface area contributed by atoms with E-state index in [0.29, 0.717) is 6.08 Å². The first kappa shape index (κ1) is 12.5. The van der Waals surface area contributed by atoms with Crippen LogP contribution in [0, 0.1) is 0 Å². The third-order valence-corrected chi connectivity index (χ3v) is 3.36. The lowest BCUT2D eigenvalue weighted by Gasteiger charge is -2.51. The number of carboxylic acids is 1. The van der Waals surface area contributed by atoms with Crippen LogP contribution in [0.3, 0.4) is 0 Å². The van der Waals surface area contributed by atoms with Gasteiger partial charge in [-0.3, -0.25) is 0 Å². The molecule has 0 saturated heterocycles. The zero-order valence-corrected chi connectivity index (χ0v) is 8.29. The predicted octanol–water partition coefficient (Wildman–Crippen LogP) is -5.00. The van der Waals surface area contributed by atoms with Gasteiger partial charge in [0.25, 0.3) is 0 Å². The van der Waals surface area contributed by atoms with E-state index in [2.05, 4.69) is 0 Å². The quantitative estimate of drug-likeness (QED) is 0.455. The number of aliphatic hydroxyl groups excluding tert-OH is 2. The van der Waals surface area contributed by atoms with Crippen LogP contribution in [-0.2, 0) is 4.79 Å². The van der Waals surface area contributed by atoms with E-state index in [0.717, 1.165) is 0 Å². The van der Waals surface area contributed by atoms with E-state index in [9.17, 15) is 29.7 Å². The average molecular weight is 235 g/mol. The molecule has 0 spiro atoms. The van der Waals surface area contributed by atoms with E-state index in [1.807, 2.05) is 0 Å². The molecular formula is C7H8O7P-3. The molecule has 1 rings (SSSR count). The number of hydrogen-bond acceptors (Lipinski definition) is 7. The highest BCUT2D eigenvalue weighted by Gasteiger charge is 2.35. The Bertz CT molecular complexity index is 294. The highest BCUT2D eigenvalue weighted by molar-refractivity contribution is 7.55. The number of carboxylic acid groups (broad SMARTS) is 1. The standard InChI is InChI=1S/C7H11O7P/c8-4-1-3(7(10)11)2-5(6(4)9)15(12,13)14/h2,4-6,8-9H,1H2,(H,10,11)(H2,12,13,14)/p-3/t4-,5-,6+/m1/s1. The molecule has 1 aliphatic rings. The molecule has 0 fully saturated rings. The van der Waals surface area contributed by atoms with Gasteiger partial charge in [0.05, 0.1) is 17.7 Å². The molecule has 0 aromatic rings. The van der Waals surface area contributed by atoms with E-state index in [1.165, 1.54) is 0 Å². The van der Waals surface area contributed by atoms with Crippen LogP contribution in [0.25, 0.3) is 0 Å². The summed E-state index contributed by atoms with van der Waals surface area (Å²) in [4.78, 5) is 42.4.